The first-order chi connectivity index (χ1) is 14.9. The third-order valence-corrected chi connectivity index (χ3v) is 5.88. The first-order valence-electron chi connectivity index (χ1n) is 13.0. The van der Waals surface area contributed by atoms with E-state index in [1.165, 1.54) is 83.5 Å². The van der Waals surface area contributed by atoms with Gasteiger partial charge in [-0.3, -0.25) is 4.79 Å². The molecule has 0 unspecified atom stereocenters. The minimum Gasteiger partial charge on any atom is -0.347 e. The Morgan fingerprint density at radius 2 is 0.968 bits per heavy atom. The van der Waals surface area contributed by atoms with Gasteiger partial charge in [0.1, 0.15) is 0 Å². The van der Waals surface area contributed by atoms with Gasteiger partial charge in [-0.1, -0.05) is 110 Å². The van der Waals surface area contributed by atoms with E-state index in [9.17, 15) is 18.0 Å². The number of unbranched alkanes of at least 4 members (excludes halogenated alkanes) is 15. The van der Waals surface area contributed by atoms with Gasteiger partial charge in [0, 0.05) is 13.1 Å². The van der Waals surface area contributed by atoms with E-state index >= 15 is 0 Å². The van der Waals surface area contributed by atoms with Crippen molar-refractivity contribution in [3.8, 4) is 0 Å². The van der Waals surface area contributed by atoms with Crippen molar-refractivity contribution < 1.29 is 18.0 Å². The number of nitrogens with zero attached hydrogens (tertiary/aromatic N) is 1. The zero-order valence-corrected chi connectivity index (χ0v) is 20.3. The second-order valence-corrected chi connectivity index (χ2v) is 8.90. The summed E-state index contributed by atoms with van der Waals surface area (Å²) in [7, 11) is 0. The van der Waals surface area contributed by atoms with Crippen molar-refractivity contribution in [3.05, 3.63) is 0 Å². The zero-order chi connectivity index (χ0) is 23.2. The lowest BCUT2D eigenvalue weighted by Gasteiger charge is -2.22. The molecule has 0 radical (unpaired) electrons. The highest BCUT2D eigenvalue weighted by atomic mass is 19.4. The summed E-state index contributed by atoms with van der Waals surface area (Å²) in [4.78, 5) is 13.2. The molecule has 0 bridgehead atoms. The Morgan fingerprint density at radius 1 is 0.613 bits per heavy atom. The predicted octanol–water partition coefficient (Wildman–Crippen LogP) is 7.64. The first-order valence-corrected chi connectivity index (χ1v) is 13.0. The highest BCUT2D eigenvalue weighted by Gasteiger charge is 2.38. The van der Waals surface area contributed by atoms with Gasteiger partial charge in [0.15, 0.2) is 0 Å². The van der Waals surface area contributed by atoms with Crippen molar-refractivity contribution in [1.29, 1.82) is 0 Å². The van der Waals surface area contributed by atoms with E-state index in [4.69, 9.17) is 0 Å². The SMILES string of the molecule is CCCCCCCCCCCCCCCCN(CCCCC)CCNC(=O)C(F)(F)F. The molecule has 0 aliphatic heterocycles. The Morgan fingerprint density at radius 3 is 1.39 bits per heavy atom. The summed E-state index contributed by atoms with van der Waals surface area (Å²) in [6.45, 7) is 6.75. The van der Waals surface area contributed by atoms with Crippen LogP contribution in [0.5, 0.6) is 0 Å². The Hall–Kier alpha value is -0.780. The number of alkyl halides is 3. The molecule has 0 aliphatic carbocycles. The summed E-state index contributed by atoms with van der Waals surface area (Å²) in [5.74, 6) is -1.84. The normalized spacial score (nSPS) is 11.9. The van der Waals surface area contributed by atoms with Crippen molar-refractivity contribution >= 4 is 5.91 Å². The number of halogens is 3. The third kappa shape index (κ3) is 20.9. The van der Waals surface area contributed by atoms with Crippen molar-refractivity contribution in [2.24, 2.45) is 0 Å². The fraction of sp³-hybridized carbons (Fsp3) is 0.960. The number of hydrogen-bond acceptors (Lipinski definition) is 2. The molecule has 31 heavy (non-hydrogen) atoms. The molecule has 0 aromatic rings. The van der Waals surface area contributed by atoms with Gasteiger partial charge in [0.05, 0.1) is 0 Å². The van der Waals surface area contributed by atoms with Crippen molar-refractivity contribution in [3.63, 3.8) is 0 Å². The molecule has 0 atom stereocenters. The predicted molar refractivity (Wildman–Crippen MR) is 125 cm³/mol. The summed E-state index contributed by atoms with van der Waals surface area (Å²) >= 11 is 0. The van der Waals surface area contributed by atoms with Crippen molar-refractivity contribution in [2.75, 3.05) is 26.2 Å². The minimum atomic E-state index is -4.79. The Kier molecular flexibility index (Phi) is 20.6. The average molecular weight is 451 g/mol. The summed E-state index contributed by atoms with van der Waals surface area (Å²) in [5.41, 5.74) is 0. The van der Waals surface area contributed by atoms with Crippen LogP contribution in [-0.2, 0) is 4.79 Å². The molecular weight excluding hydrogens is 401 g/mol. The van der Waals surface area contributed by atoms with Crippen molar-refractivity contribution in [2.45, 2.75) is 129 Å². The monoisotopic (exact) mass is 450 g/mol. The standard InChI is InChI=1S/C25H49F3N2O/c1-3-5-7-8-9-10-11-12-13-14-15-16-17-19-22-30(21-18-6-4-2)23-20-29-24(31)25(26,27)28/h3-23H2,1-2H3,(H,29,31). The number of carbonyl (C=O) groups is 1. The van der Waals surface area contributed by atoms with E-state index < -0.39 is 12.1 Å². The van der Waals surface area contributed by atoms with Crippen LogP contribution in [0.1, 0.15) is 123 Å². The van der Waals surface area contributed by atoms with Gasteiger partial charge in [-0.15, -0.1) is 0 Å². The smallest absolute Gasteiger partial charge is 0.347 e. The maximum Gasteiger partial charge on any atom is 0.471 e. The summed E-state index contributed by atoms with van der Waals surface area (Å²) < 4.78 is 36.9. The molecule has 0 aliphatic rings. The van der Waals surface area contributed by atoms with Crippen LogP contribution < -0.4 is 5.32 Å². The second-order valence-electron chi connectivity index (χ2n) is 8.90. The molecule has 0 saturated carbocycles. The number of amides is 1. The fourth-order valence-electron chi connectivity index (χ4n) is 3.88. The maximum absolute atomic E-state index is 12.3. The van der Waals surface area contributed by atoms with E-state index in [1.807, 2.05) is 5.32 Å². The van der Waals surface area contributed by atoms with Crippen LogP contribution in [0.4, 0.5) is 13.2 Å². The number of hydrogen-bond donors (Lipinski definition) is 1. The quantitative estimate of drug-likeness (QED) is 0.172. The Bertz CT molecular complexity index is 403. The van der Waals surface area contributed by atoms with Crippen LogP contribution in [0.2, 0.25) is 0 Å². The maximum atomic E-state index is 12.3. The zero-order valence-electron chi connectivity index (χ0n) is 20.3. The lowest BCUT2D eigenvalue weighted by atomic mass is 10.0. The molecule has 0 rings (SSSR count). The van der Waals surface area contributed by atoms with E-state index in [0.29, 0.717) is 6.54 Å². The Balaban J connectivity index is 3.69. The topological polar surface area (TPSA) is 32.3 Å². The summed E-state index contributed by atoms with van der Waals surface area (Å²) in [5, 5.41) is 1.99. The van der Waals surface area contributed by atoms with Crippen molar-refractivity contribution in [1.82, 2.24) is 10.2 Å². The lowest BCUT2D eigenvalue weighted by Crippen LogP contribution is -2.41. The van der Waals surface area contributed by atoms with Crippen LogP contribution >= 0.6 is 0 Å². The summed E-state index contributed by atoms with van der Waals surface area (Å²) in [6, 6.07) is 0. The molecule has 0 saturated heterocycles. The van der Waals surface area contributed by atoms with Gasteiger partial charge in [-0.2, -0.15) is 13.2 Å². The molecule has 0 aromatic heterocycles. The van der Waals surface area contributed by atoms with E-state index in [0.717, 1.165) is 38.8 Å². The van der Waals surface area contributed by atoms with Gasteiger partial charge in [0.25, 0.3) is 0 Å². The molecule has 1 N–H and O–H groups in total. The number of rotatable bonds is 22. The third-order valence-electron chi connectivity index (χ3n) is 5.88. The highest BCUT2D eigenvalue weighted by molar-refractivity contribution is 5.81. The van der Waals surface area contributed by atoms with Gasteiger partial charge >= 0.3 is 12.1 Å². The van der Waals surface area contributed by atoms with E-state index in [2.05, 4.69) is 18.7 Å². The van der Waals surface area contributed by atoms with Crippen LogP contribution in [-0.4, -0.2) is 43.2 Å². The van der Waals surface area contributed by atoms with Crippen LogP contribution in [0.15, 0.2) is 0 Å². The second kappa shape index (κ2) is 21.1. The van der Waals surface area contributed by atoms with Gasteiger partial charge in [0.2, 0.25) is 0 Å². The number of carbonyl (C=O) groups excluding carboxylic acids is 1. The molecule has 0 heterocycles. The van der Waals surface area contributed by atoms with Crippen LogP contribution in [0.3, 0.4) is 0 Å². The van der Waals surface area contributed by atoms with Gasteiger partial charge < -0.3 is 10.2 Å². The largest absolute Gasteiger partial charge is 0.471 e. The van der Waals surface area contributed by atoms with Crippen LogP contribution in [0.25, 0.3) is 0 Å². The molecule has 0 spiro atoms. The summed E-state index contributed by atoms with van der Waals surface area (Å²) in [6.07, 6.45) is 17.0. The van der Waals surface area contributed by atoms with Crippen LogP contribution in [0, 0.1) is 0 Å². The molecule has 3 nitrogen and oxygen atoms in total. The molecule has 0 aromatic carbocycles. The molecule has 186 valence electrons. The van der Waals surface area contributed by atoms with E-state index in [1.54, 1.807) is 0 Å². The van der Waals surface area contributed by atoms with Gasteiger partial charge in [-0.05, 0) is 25.9 Å². The first kappa shape index (κ1) is 30.2. The molecule has 1 amide bonds. The Labute approximate surface area is 189 Å². The molecule has 0 fully saturated rings. The average Bonchev–Trinajstić information content (AvgIpc) is 2.72. The number of nitrogens with one attached hydrogen (secondary N) is 1. The molecular formula is C25H49F3N2O. The van der Waals surface area contributed by atoms with E-state index in [-0.39, 0.29) is 6.54 Å². The van der Waals surface area contributed by atoms with Gasteiger partial charge in [-0.25, -0.2) is 0 Å². The molecule has 6 heteroatoms. The highest BCUT2D eigenvalue weighted by Crippen LogP contribution is 2.14. The lowest BCUT2D eigenvalue weighted by molar-refractivity contribution is -0.173. The fourth-order valence-corrected chi connectivity index (χ4v) is 3.88. The minimum absolute atomic E-state index is 0.0586.